The van der Waals surface area contributed by atoms with Crippen molar-refractivity contribution in [3.63, 3.8) is 0 Å². The molecule has 14 rings (SSSR count). The Hall–Kier alpha value is -3.20. The standard InChI is InChI=1S/2C14H18N2O6/c17-15(18)21-13-1-7-8-4-14(22-16(19)20)5-9(7)11(3-13)12(6-14)10(8)2-13;17-15(18)21-13-4-10-8-1-7-2-9(10)12(6-13)14(3-7,11(8)5-13)22-16(19)20/h2*7-12H,1-6H2. The number of rotatable bonds is 8. The van der Waals surface area contributed by atoms with Crippen molar-refractivity contribution in [1.29, 1.82) is 0 Å². The van der Waals surface area contributed by atoms with Gasteiger partial charge in [0.15, 0.2) is 0 Å². The van der Waals surface area contributed by atoms with Crippen molar-refractivity contribution >= 4 is 0 Å². The SMILES string of the molecule is O=[N+]([O-])OC12CC3C4CC5(O[N+](=O)[O-])CC3C(C1)C(C5)C4C2.O=[N+]([O-])OC12CC3C4CC5CC3C(C1)C(O[N+](=O)[O-])(C5)C4C2. The summed E-state index contributed by atoms with van der Waals surface area (Å²) < 4.78 is 0. The van der Waals surface area contributed by atoms with Gasteiger partial charge < -0.3 is 19.4 Å². The van der Waals surface area contributed by atoms with Crippen LogP contribution in [0.3, 0.4) is 0 Å². The molecule has 44 heavy (non-hydrogen) atoms. The summed E-state index contributed by atoms with van der Waals surface area (Å²) in [6, 6.07) is 0. The molecule has 16 bridgehead atoms. The minimum Gasteiger partial charge on any atom is -0.307 e. The summed E-state index contributed by atoms with van der Waals surface area (Å²) in [6.45, 7) is 0. The summed E-state index contributed by atoms with van der Waals surface area (Å²) >= 11 is 0. The molecule has 16 heteroatoms. The second-order valence-corrected chi connectivity index (χ2v) is 16.3. The summed E-state index contributed by atoms with van der Waals surface area (Å²) in [4.78, 5) is 64.6. The van der Waals surface area contributed by atoms with Crippen molar-refractivity contribution in [3.05, 3.63) is 40.5 Å². The van der Waals surface area contributed by atoms with Gasteiger partial charge in [0.1, 0.15) is 22.4 Å². The Morgan fingerprint density at radius 3 is 1.02 bits per heavy atom. The number of hydrogen-bond donors (Lipinski definition) is 0. The molecular formula is C28H36N4O12. The van der Waals surface area contributed by atoms with E-state index in [9.17, 15) is 40.5 Å². The summed E-state index contributed by atoms with van der Waals surface area (Å²) in [5.41, 5.74) is -2.56. The van der Waals surface area contributed by atoms with Crippen molar-refractivity contribution in [2.45, 2.75) is 99.5 Å². The van der Waals surface area contributed by atoms with E-state index in [4.69, 9.17) is 19.4 Å². The van der Waals surface area contributed by atoms with Gasteiger partial charge in [-0.15, -0.1) is 40.5 Å². The molecule has 16 nitrogen and oxygen atoms in total. The van der Waals surface area contributed by atoms with Crippen molar-refractivity contribution in [3.8, 4) is 0 Å². The topological polar surface area (TPSA) is 209 Å². The first-order valence-corrected chi connectivity index (χ1v) is 16.2. The lowest BCUT2D eigenvalue weighted by Gasteiger charge is -2.74. The predicted octanol–water partition coefficient (Wildman–Crippen LogP) is 3.97. The third-order valence-electron chi connectivity index (χ3n) is 15.0. The second kappa shape index (κ2) is 8.33. The molecule has 14 saturated carbocycles. The molecule has 0 heterocycles. The van der Waals surface area contributed by atoms with Crippen LogP contribution in [0.25, 0.3) is 0 Å². The van der Waals surface area contributed by atoms with Crippen LogP contribution in [0.5, 0.6) is 0 Å². The Bertz CT molecular complexity index is 1210. The monoisotopic (exact) mass is 620 g/mol. The first-order chi connectivity index (χ1) is 20.8. The third kappa shape index (κ3) is 3.45. The molecule has 0 radical (unpaired) electrons. The first-order valence-electron chi connectivity index (χ1n) is 16.2. The van der Waals surface area contributed by atoms with Crippen LogP contribution in [0.1, 0.15) is 77.0 Å². The number of nitrogens with zero attached hydrogens (tertiary/aromatic N) is 4. The molecule has 0 aromatic heterocycles. The Labute approximate surface area is 250 Å². The maximum atomic E-state index is 11.1. The van der Waals surface area contributed by atoms with Crippen LogP contribution in [-0.2, 0) is 19.4 Å². The Morgan fingerprint density at radius 2 is 0.705 bits per heavy atom. The Kier molecular flexibility index (Phi) is 5.14. The lowest BCUT2D eigenvalue weighted by Crippen LogP contribution is -2.76. The van der Waals surface area contributed by atoms with Gasteiger partial charge in [-0.2, -0.15) is 0 Å². The molecule has 0 N–H and O–H groups in total. The molecule has 0 aliphatic heterocycles. The van der Waals surface area contributed by atoms with E-state index in [0.29, 0.717) is 72.0 Å². The zero-order valence-electron chi connectivity index (χ0n) is 24.1. The highest BCUT2D eigenvalue weighted by atomic mass is 17.0. The normalized spacial score (nSPS) is 56.2. The molecule has 14 aliphatic carbocycles. The lowest BCUT2D eigenvalue weighted by molar-refractivity contribution is -0.804. The highest BCUT2D eigenvalue weighted by molar-refractivity contribution is 5.24. The maximum absolute atomic E-state index is 11.1. The molecule has 240 valence electrons. The van der Waals surface area contributed by atoms with Gasteiger partial charge in [0.05, 0.1) is 0 Å². The van der Waals surface area contributed by atoms with Crippen LogP contribution >= 0.6 is 0 Å². The summed E-state index contributed by atoms with van der Waals surface area (Å²) in [5, 5.41) is 41.2. The van der Waals surface area contributed by atoms with Gasteiger partial charge in [0.2, 0.25) is 0 Å². The predicted molar refractivity (Wildman–Crippen MR) is 141 cm³/mol. The molecule has 0 aromatic rings. The Morgan fingerprint density at radius 1 is 0.409 bits per heavy atom. The highest BCUT2D eigenvalue weighted by Gasteiger charge is 2.76. The maximum Gasteiger partial charge on any atom is 0.295 e. The zero-order chi connectivity index (χ0) is 30.6. The minimum atomic E-state index is -0.718. The van der Waals surface area contributed by atoms with Crippen molar-refractivity contribution in [2.24, 2.45) is 71.0 Å². The zero-order valence-corrected chi connectivity index (χ0v) is 24.1. The van der Waals surface area contributed by atoms with E-state index in [2.05, 4.69) is 0 Å². The molecule has 0 saturated heterocycles. The summed E-state index contributed by atoms with van der Waals surface area (Å²) in [7, 11) is 0. The van der Waals surface area contributed by atoms with E-state index in [1.54, 1.807) is 0 Å². The molecule has 14 aliphatic rings. The van der Waals surface area contributed by atoms with E-state index in [-0.39, 0.29) is 11.8 Å². The average Bonchev–Trinajstić information content (AvgIpc) is 2.92. The molecule has 14 fully saturated rings. The smallest absolute Gasteiger partial charge is 0.295 e. The number of hydrogen-bond acceptors (Lipinski definition) is 12. The summed E-state index contributed by atoms with van der Waals surface area (Å²) in [6.07, 6.45) is 9.28. The molecule has 0 aromatic carbocycles. The lowest BCUT2D eigenvalue weighted by atomic mass is 9.33. The molecule has 0 amide bonds. The van der Waals surface area contributed by atoms with E-state index >= 15 is 0 Å². The van der Waals surface area contributed by atoms with Crippen LogP contribution in [0.2, 0.25) is 0 Å². The second-order valence-electron chi connectivity index (χ2n) is 16.3. The summed E-state index contributed by atoms with van der Waals surface area (Å²) in [5.74, 6) is 4.47. The fourth-order valence-electron chi connectivity index (χ4n) is 14.7. The van der Waals surface area contributed by atoms with E-state index in [1.807, 2.05) is 0 Å². The van der Waals surface area contributed by atoms with Crippen LogP contribution in [0.4, 0.5) is 0 Å². The van der Waals surface area contributed by atoms with Gasteiger partial charge in [-0.05, 0) is 148 Å². The molecular weight excluding hydrogens is 584 g/mol. The molecule has 0 spiro atoms. The fraction of sp³-hybridized carbons (Fsp3) is 1.00. The van der Waals surface area contributed by atoms with E-state index in [1.165, 1.54) is 0 Å². The molecule has 4 unspecified atom stereocenters. The largest absolute Gasteiger partial charge is 0.307 e. The fourth-order valence-corrected chi connectivity index (χ4v) is 14.7. The van der Waals surface area contributed by atoms with Crippen molar-refractivity contribution < 1.29 is 39.7 Å². The third-order valence-corrected chi connectivity index (χ3v) is 15.0. The van der Waals surface area contributed by atoms with Crippen LogP contribution in [-0.4, -0.2) is 42.8 Å². The van der Waals surface area contributed by atoms with Gasteiger partial charge in [-0.25, -0.2) is 0 Å². The van der Waals surface area contributed by atoms with Crippen molar-refractivity contribution in [2.75, 3.05) is 0 Å². The van der Waals surface area contributed by atoms with Gasteiger partial charge in [0.25, 0.3) is 20.3 Å². The van der Waals surface area contributed by atoms with Crippen LogP contribution in [0.15, 0.2) is 0 Å². The van der Waals surface area contributed by atoms with E-state index in [0.717, 1.165) is 64.2 Å². The first kappa shape index (κ1) is 27.1. The average molecular weight is 621 g/mol. The van der Waals surface area contributed by atoms with Crippen molar-refractivity contribution in [1.82, 2.24) is 0 Å². The van der Waals surface area contributed by atoms with Gasteiger partial charge in [-0.1, -0.05) is 0 Å². The van der Waals surface area contributed by atoms with Crippen LogP contribution in [0, 0.1) is 111 Å². The quantitative estimate of drug-likeness (QED) is 0.279. The molecule has 4 atom stereocenters. The van der Waals surface area contributed by atoms with Crippen LogP contribution < -0.4 is 0 Å². The van der Waals surface area contributed by atoms with E-state index < -0.39 is 42.8 Å². The van der Waals surface area contributed by atoms with Gasteiger partial charge >= 0.3 is 0 Å². The minimum absolute atomic E-state index is 0.0446. The Balaban J connectivity index is 0.000000123. The van der Waals surface area contributed by atoms with Gasteiger partial charge in [0, 0.05) is 0 Å². The highest BCUT2D eigenvalue weighted by Crippen LogP contribution is 2.76. The van der Waals surface area contributed by atoms with Gasteiger partial charge in [-0.3, -0.25) is 0 Å².